The van der Waals surface area contributed by atoms with Gasteiger partial charge in [0.05, 0.1) is 17.2 Å². The molecule has 0 aliphatic carbocycles. The Hall–Kier alpha value is -2.45. The summed E-state index contributed by atoms with van der Waals surface area (Å²) < 4.78 is 3.25. The first-order valence-corrected chi connectivity index (χ1v) is 9.20. The van der Waals surface area contributed by atoms with Gasteiger partial charge in [0.2, 0.25) is 0 Å². The van der Waals surface area contributed by atoms with Crippen molar-refractivity contribution in [2.45, 2.75) is 6.54 Å². The maximum atomic E-state index is 12.3. The average molecular weight is 478 g/mol. The van der Waals surface area contributed by atoms with Crippen molar-refractivity contribution in [3.63, 3.8) is 0 Å². The molecule has 3 rings (SSSR count). The summed E-state index contributed by atoms with van der Waals surface area (Å²) in [5.41, 5.74) is 4.21. The van der Waals surface area contributed by atoms with Crippen LogP contribution in [0.15, 0.2) is 68.8 Å². The smallest absolute Gasteiger partial charge is 0.293 e. The Morgan fingerprint density at radius 2 is 1.92 bits per heavy atom. The third kappa shape index (κ3) is 4.59. The first-order valence-electron chi connectivity index (χ1n) is 7.62. The third-order valence-electron chi connectivity index (χ3n) is 3.50. The number of carbonyl (C=O) groups excluding carboxylic acids is 1. The third-order valence-corrected chi connectivity index (χ3v) is 4.61. The van der Waals surface area contributed by atoms with Gasteiger partial charge in [-0.2, -0.15) is 10.2 Å². The van der Waals surface area contributed by atoms with Crippen LogP contribution in [-0.2, 0) is 6.54 Å². The first-order chi connectivity index (χ1) is 12.5. The van der Waals surface area contributed by atoms with E-state index in [0.717, 1.165) is 10.0 Å². The number of nitrogens with one attached hydrogen (secondary N) is 1. The Morgan fingerprint density at radius 1 is 1.19 bits per heavy atom. The van der Waals surface area contributed by atoms with E-state index in [1.165, 1.54) is 6.21 Å². The number of rotatable bonds is 5. The van der Waals surface area contributed by atoms with E-state index in [9.17, 15) is 9.90 Å². The lowest BCUT2D eigenvalue weighted by Gasteiger charge is -2.02. The van der Waals surface area contributed by atoms with Crippen LogP contribution in [0.1, 0.15) is 21.6 Å². The maximum absolute atomic E-state index is 12.3. The molecule has 1 aromatic heterocycles. The number of phenols is 1. The molecule has 1 amide bonds. The molecule has 3 aromatic rings. The molecule has 0 aliphatic heterocycles. The minimum atomic E-state index is -0.446. The number of amides is 1. The summed E-state index contributed by atoms with van der Waals surface area (Å²) in [6.07, 6.45) is 3.11. The van der Waals surface area contributed by atoms with Gasteiger partial charge in [-0.05, 0) is 45.8 Å². The van der Waals surface area contributed by atoms with E-state index in [2.05, 4.69) is 47.5 Å². The van der Waals surface area contributed by atoms with Crippen LogP contribution in [0.4, 0.5) is 0 Å². The van der Waals surface area contributed by atoms with Gasteiger partial charge in [0.1, 0.15) is 5.75 Å². The highest BCUT2D eigenvalue weighted by Gasteiger charge is 2.15. The highest BCUT2D eigenvalue weighted by Crippen LogP contribution is 2.17. The lowest BCUT2D eigenvalue weighted by Crippen LogP contribution is -2.19. The lowest BCUT2D eigenvalue weighted by molar-refractivity contribution is 0.0948. The molecule has 132 valence electrons. The number of nitrogens with zero attached hydrogens (tertiary/aromatic N) is 3. The SMILES string of the molecule is O=C(N/N=C\c1ccccc1O)c1nn(Cc2ccc(Br)cc2)cc1Br. The first kappa shape index (κ1) is 18.3. The van der Waals surface area contributed by atoms with Crippen LogP contribution in [0.5, 0.6) is 5.75 Å². The summed E-state index contributed by atoms with van der Waals surface area (Å²) in [4.78, 5) is 12.3. The summed E-state index contributed by atoms with van der Waals surface area (Å²) in [6.45, 7) is 0.542. The number of aromatic hydroxyl groups is 1. The van der Waals surface area contributed by atoms with Crippen molar-refractivity contribution in [3.05, 3.63) is 80.5 Å². The monoisotopic (exact) mass is 476 g/mol. The normalized spacial score (nSPS) is 11.0. The van der Waals surface area contributed by atoms with Crippen LogP contribution >= 0.6 is 31.9 Å². The van der Waals surface area contributed by atoms with Gasteiger partial charge in [0.25, 0.3) is 5.91 Å². The van der Waals surface area contributed by atoms with E-state index >= 15 is 0 Å². The fourth-order valence-electron chi connectivity index (χ4n) is 2.22. The molecule has 0 spiro atoms. The Bertz CT molecular complexity index is 952. The molecule has 0 bridgehead atoms. The molecule has 1 heterocycles. The van der Waals surface area contributed by atoms with Gasteiger partial charge in [0, 0.05) is 16.2 Å². The number of para-hydroxylation sites is 1. The van der Waals surface area contributed by atoms with E-state index in [1.807, 2.05) is 24.3 Å². The van der Waals surface area contributed by atoms with Crippen molar-refractivity contribution in [3.8, 4) is 5.75 Å². The zero-order valence-corrected chi connectivity index (χ0v) is 16.6. The number of phenolic OH excluding ortho intramolecular Hbond substituents is 1. The molecular formula is C18H14Br2N4O2. The summed E-state index contributed by atoms with van der Waals surface area (Å²) in [5.74, 6) is -0.358. The zero-order chi connectivity index (χ0) is 18.5. The van der Waals surface area contributed by atoms with Crippen LogP contribution in [0, 0.1) is 0 Å². The summed E-state index contributed by atoms with van der Waals surface area (Å²) in [6, 6.07) is 14.6. The Kier molecular flexibility index (Phi) is 5.85. The quantitative estimate of drug-likeness (QED) is 0.431. The maximum Gasteiger partial charge on any atom is 0.293 e. The van der Waals surface area contributed by atoms with Crippen LogP contribution < -0.4 is 5.43 Å². The van der Waals surface area contributed by atoms with Gasteiger partial charge in [-0.3, -0.25) is 9.48 Å². The molecule has 0 unspecified atom stereocenters. The standard InChI is InChI=1S/C18H14Br2N4O2/c19-14-7-5-12(6-8-14)10-24-11-15(20)17(23-24)18(26)22-21-9-13-3-1-2-4-16(13)25/h1-9,11,25H,10H2,(H,22,26)/b21-9-. The van der Waals surface area contributed by atoms with Gasteiger partial charge < -0.3 is 5.11 Å². The van der Waals surface area contributed by atoms with Gasteiger partial charge in [-0.1, -0.05) is 40.2 Å². The number of benzene rings is 2. The topological polar surface area (TPSA) is 79.5 Å². The number of carbonyl (C=O) groups is 1. The number of hydrogen-bond donors (Lipinski definition) is 2. The minimum absolute atomic E-state index is 0.0884. The van der Waals surface area contributed by atoms with Crippen LogP contribution in [-0.4, -0.2) is 27.0 Å². The van der Waals surface area contributed by atoms with E-state index in [0.29, 0.717) is 16.6 Å². The largest absolute Gasteiger partial charge is 0.507 e. The molecule has 8 heteroatoms. The second kappa shape index (κ2) is 8.29. The summed E-state index contributed by atoms with van der Waals surface area (Å²) >= 11 is 6.75. The molecule has 6 nitrogen and oxygen atoms in total. The number of halogens is 2. The molecule has 26 heavy (non-hydrogen) atoms. The van der Waals surface area contributed by atoms with Crippen molar-refractivity contribution in [1.29, 1.82) is 0 Å². The number of hydrazone groups is 1. The second-order valence-electron chi connectivity index (χ2n) is 5.41. The predicted octanol–water partition coefficient (Wildman–Crippen LogP) is 3.93. The van der Waals surface area contributed by atoms with Gasteiger partial charge >= 0.3 is 0 Å². The summed E-state index contributed by atoms with van der Waals surface area (Å²) in [7, 11) is 0. The Morgan fingerprint density at radius 3 is 2.65 bits per heavy atom. The molecule has 2 N–H and O–H groups in total. The highest BCUT2D eigenvalue weighted by atomic mass is 79.9. The zero-order valence-electron chi connectivity index (χ0n) is 13.4. The molecular weight excluding hydrogens is 464 g/mol. The van der Waals surface area contributed by atoms with Gasteiger partial charge in [-0.15, -0.1) is 0 Å². The van der Waals surface area contributed by atoms with E-state index in [4.69, 9.17) is 0 Å². The van der Waals surface area contributed by atoms with Crippen molar-refractivity contribution < 1.29 is 9.90 Å². The van der Waals surface area contributed by atoms with Crippen LogP contribution in [0.3, 0.4) is 0 Å². The molecule has 2 aromatic carbocycles. The minimum Gasteiger partial charge on any atom is -0.507 e. The molecule has 0 saturated carbocycles. The number of hydrogen-bond acceptors (Lipinski definition) is 4. The molecule has 0 aliphatic rings. The highest BCUT2D eigenvalue weighted by molar-refractivity contribution is 9.10. The predicted molar refractivity (Wildman–Crippen MR) is 106 cm³/mol. The van der Waals surface area contributed by atoms with E-state index in [-0.39, 0.29) is 11.4 Å². The fraction of sp³-hybridized carbons (Fsp3) is 0.0556. The van der Waals surface area contributed by atoms with E-state index in [1.54, 1.807) is 35.1 Å². The molecule has 0 fully saturated rings. The molecule has 0 saturated heterocycles. The lowest BCUT2D eigenvalue weighted by atomic mass is 10.2. The van der Waals surface area contributed by atoms with Crippen LogP contribution in [0.25, 0.3) is 0 Å². The average Bonchev–Trinajstić information content (AvgIpc) is 2.99. The molecule has 0 atom stereocenters. The number of aromatic nitrogens is 2. The summed E-state index contributed by atoms with van der Waals surface area (Å²) in [5, 5.41) is 17.8. The van der Waals surface area contributed by atoms with Crippen molar-refractivity contribution in [1.82, 2.24) is 15.2 Å². The Labute approximate surface area is 166 Å². The second-order valence-corrected chi connectivity index (χ2v) is 7.18. The van der Waals surface area contributed by atoms with Crippen molar-refractivity contribution in [2.24, 2.45) is 5.10 Å². The van der Waals surface area contributed by atoms with E-state index < -0.39 is 5.91 Å². The Balaban J connectivity index is 1.67. The van der Waals surface area contributed by atoms with Gasteiger partial charge in [0.15, 0.2) is 5.69 Å². The molecule has 0 radical (unpaired) electrons. The van der Waals surface area contributed by atoms with Crippen LogP contribution in [0.2, 0.25) is 0 Å². The fourth-order valence-corrected chi connectivity index (χ4v) is 2.98. The van der Waals surface area contributed by atoms with Crippen molar-refractivity contribution in [2.75, 3.05) is 0 Å². The van der Waals surface area contributed by atoms with Gasteiger partial charge in [-0.25, -0.2) is 5.43 Å². The van der Waals surface area contributed by atoms with Crippen molar-refractivity contribution >= 4 is 44.0 Å².